The third-order valence-electron chi connectivity index (χ3n) is 2.29. The first-order valence-corrected chi connectivity index (χ1v) is 5.94. The summed E-state index contributed by atoms with van der Waals surface area (Å²) in [7, 11) is 1.63. The van der Waals surface area contributed by atoms with E-state index in [1.165, 1.54) is 11.3 Å². The van der Waals surface area contributed by atoms with E-state index in [-0.39, 0.29) is 5.97 Å². The van der Waals surface area contributed by atoms with E-state index in [1.54, 1.807) is 14.0 Å². The van der Waals surface area contributed by atoms with Crippen molar-refractivity contribution in [1.82, 2.24) is 4.98 Å². The number of hydrogen-bond donors (Lipinski definition) is 0. The number of aryl methyl sites for hydroxylation is 1. The molecule has 0 fully saturated rings. The van der Waals surface area contributed by atoms with Crippen LogP contribution in [-0.2, 0) is 15.1 Å². The van der Waals surface area contributed by atoms with Crippen LogP contribution in [0.1, 0.15) is 41.1 Å². The van der Waals surface area contributed by atoms with Crippen molar-refractivity contribution in [2.24, 2.45) is 0 Å². The van der Waals surface area contributed by atoms with E-state index in [0.717, 1.165) is 9.88 Å². The number of thiazole rings is 1. The van der Waals surface area contributed by atoms with Crippen LogP contribution in [0.5, 0.6) is 0 Å². The fourth-order valence-corrected chi connectivity index (χ4v) is 2.11. The van der Waals surface area contributed by atoms with Gasteiger partial charge < -0.3 is 9.47 Å². The molecule has 0 atom stereocenters. The van der Waals surface area contributed by atoms with Gasteiger partial charge in [0.2, 0.25) is 0 Å². The molecular weight excluding hydrogens is 226 g/mol. The van der Waals surface area contributed by atoms with E-state index < -0.39 is 5.60 Å². The Morgan fingerprint density at radius 1 is 1.50 bits per heavy atom. The van der Waals surface area contributed by atoms with Crippen LogP contribution in [-0.4, -0.2) is 24.7 Å². The average molecular weight is 243 g/mol. The Bertz CT molecular complexity index is 385. The second kappa shape index (κ2) is 4.93. The second-order valence-corrected chi connectivity index (χ2v) is 5.06. The Kier molecular flexibility index (Phi) is 4.04. The Morgan fingerprint density at radius 3 is 2.62 bits per heavy atom. The highest BCUT2D eigenvalue weighted by Crippen LogP contribution is 2.30. The topological polar surface area (TPSA) is 48.4 Å². The van der Waals surface area contributed by atoms with Gasteiger partial charge in [-0.1, -0.05) is 0 Å². The molecule has 1 heterocycles. The lowest BCUT2D eigenvalue weighted by Gasteiger charge is -2.19. The van der Waals surface area contributed by atoms with Gasteiger partial charge in [-0.25, -0.2) is 9.78 Å². The predicted molar refractivity (Wildman–Crippen MR) is 62.8 cm³/mol. The van der Waals surface area contributed by atoms with Crippen molar-refractivity contribution in [3.63, 3.8) is 0 Å². The molecule has 0 saturated carbocycles. The van der Waals surface area contributed by atoms with Crippen molar-refractivity contribution < 1.29 is 14.3 Å². The van der Waals surface area contributed by atoms with E-state index in [9.17, 15) is 4.79 Å². The molecule has 5 heteroatoms. The molecule has 1 rings (SSSR count). The monoisotopic (exact) mass is 243 g/mol. The van der Waals surface area contributed by atoms with Gasteiger partial charge in [-0.2, -0.15) is 0 Å². The van der Waals surface area contributed by atoms with Gasteiger partial charge in [-0.05, 0) is 27.7 Å². The second-order valence-electron chi connectivity index (χ2n) is 3.86. The number of ether oxygens (including phenoxy) is 2. The van der Waals surface area contributed by atoms with Crippen molar-refractivity contribution >= 4 is 17.3 Å². The summed E-state index contributed by atoms with van der Waals surface area (Å²) in [6, 6.07) is 0. The van der Waals surface area contributed by atoms with Crippen molar-refractivity contribution in [1.29, 1.82) is 0 Å². The van der Waals surface area contributed by atoms with Gasteiger partial charge in [0.15, 0.2) is 5.69 Å². The summed E-state index contributed by atoms with van der Waals surface area (Å²) in [5.41, 5.74) is -0.0767. The van der Waals surface area contributed by atoms with Crippen molar-refractivity contribution in [2.75, 3.05) is 13.7 Å². The van der Waals surface area contributed by atoms with Crippen LogP contribution in [0, 0.1) is 6.92 Å². The van der Waals surface area contributed by atoms with Crippen LogP contribution in [0.4, 0.5) is 0 Å². The van der Waals surface area contributed by atoms with Crippen LogP contribution in [0.25, 0.3) is 0 Å². The Morgan fingerprint density at radius 2 is 2.12 bits per heavy atom. The van der Waals surface area contributed by atoms with E-state index in [2.05, 4.69) is 4.98 Å². The first-order chi connectivity index (χ1) is 7.42. The van der Waals surface area contributed by atoms with Crippen molar-refractivity contribution in [2.45, 2.75) is 33.3 Å². The maximum atomic E-state index is 11.6. The molecule has 4 nitrogen and oxygen atoms in total. The summed E-state index contributed by atoms with van der Waals surface area (Å²) >= 11 is 1.46. The van der Waals surface area contributed by atoms with Crippen LogP contribution >= 0.6 is 11.3 Å². The summed E-state index contributed by atoms with van der Waals surface area (Å²) in [5.74, 6) is -0.366. The molecule has 0 amide bonds. The minimum absolute atomic E-state index is 0.360. The molecule has 0 saturated heterocycles. The third-order valence-corrected chi connectivity index (χ3v) is 3.57. The molecule has 1 aromatic rings. The van der Waals surface area contributed by atoms with Crippen molar-refractivity contribution in [3.8, 4) is 0 Å². The molecular formula is C11H17NO3S. The molecule has 0 aromatic carbocycles. The predicted octanol–water partition coefficient (Wildman–Crippen LogP) is 2.51. The summed E-state index contributed by atoms with van der Waals surface area (Å²) in [6.07, 6.45) is 0. The molecule has 0 aliphatic heterocycles. The number of hydrogen-bond acceptors (Lipinski definition) is 5. The largest absolute Gasteiger partial charge is 0.461 e. The van der Waals surface area contributed by atoms with Gasteiger partial charge in [0.05, 0.1) is 6.61 Å². The fourth-order valence-electron chi connectivity index (χ4n) is 1.13. The summed E-state index contributed by atoms with van der Waals surface area (Å²) in [5, 5.41) is 0.788. The number of methoxy groups -OCH3 is 1. The zero-order valence-corrected chi connectivity index (χ0v) is 11.1. The highest BCUT2D eigenvalue weighted by atomic mass is 32.1. The standard InChI is InChI=1S/C11H17NO3S/c1-6-15-9(13)8-7(2)16-10(12-8)11(3,4)14-5/h6H2,1-5H3. The summed E-state index contributed by atoms with van der Waals surface area (Å²) in [4.78, 5) is 16.7. The van der Waals surface area contributed by atoms with Crippen LogP contribution in [0.2, 0.25) is 0 Å². The van der Waals surface area contributed by atoms with E-state index in [1.807, 2.05) is 20.8 Å². The van der Waals surface area contributed by atoms with E-state index in [0.29, 0.717) is 12.3 Å². The molecule has 0 aliphatic rings. The lowest BCUT2D eigenvalue weighted by molar-refractivity contribution is 0.0187. The van der Waals surface area contributed by atoms with Gasteiger partial charge in [0, 0.05) is 12.0 Å². The lowest BCUT2D eigenvalue weighted by atomic mass is 10.1. The van der Waals surface area contributed by atoms with Gasteiger partial charge in [0.25, 0.3) is 0 Å². The highest BCUT2D eigenvalue weighted by molar-refractivity contribution is 7.12. The lowest BCUT2D eigenvalue weighted by Crippen LogP contribution is -2.19. The first-order valence-electron chi connectivity index (χ1n) is 5.12. The Hall–Kier alpha value is -0.940. The summed E-state index contributed by atoms with van der Waals surface area (Å²) in [6.45, 7) is 7.83. The number of aromatic nitrogens is 1. The van der Waals surface area contributed by atoms with Crippen LogP contribution < -0.4 is 0 Å². The molecule has 1 aromatic heterocycles. The number of esters is 1. The average Bonchev–Trinajstić information content (AvgIpc) is 2.61. The Balaban J connectivity index is 3.03. The maximum absolute atomic E-state index is 11.6. The molecule has 0 bridgehead atoms. The van der Waals surface area contributed by atoms with E-state index in [4.69, 9.17) is 9.47 Å². The number of carbonyl (C=O) groups excluding carboxylic acids is 1. The van der Waals surface area contributed by atoms with Gasteiger partial charge in [-0.15, -0.1) is 11.3 Å². The minimum atomic E-state index is -0.472. The molecule has 0 radical (unpaired) electrons. The van der Waals surface area contributed by atoms with Gasteiger partial charge in [-0.3, -0.25) is 0 Å². The number of nitrogens with zero attached hydrogens (tertiary/aromatic N) is 1. The molecule has 0 aliphatic carbocycles. The molecule has 16 heavy (non-hydrogen) atoms. The molecule has 0 unspecified atom stereocenters. The zero-order valence-electron chi connectivity index (χ0n) is 10.3. The highest BCUT2D eigenvalue weighted by Gasteiger charge is 2.27. The third kappa shape index (κ3) is 2.59. The fraction of sp³-hybridized carbons (Fsp3) is 0.636. The summed E-state index contributed by atoms with van der Waals surface area (Å²) < 4.78 is 10.3. The first kappa shape index (κ1) is 13.1. The van der Waals surface area contributed by atoms with Crippen molar-refractivity contribution in [3.05, 3.63) is 15.6 Å². The molecule has 0 N–H and O–H groups in total. The SMILES string of the molecule is CCOC(=O)c1nc(C(C)(C)OC)sc1C. The molecule has 0 spiro atoms. The van der Waals surface area contributed by atoms with E-state index >= 15 is 0 Å². The number of carbonyl (C=O) groups is 1. The molecule has 90 valence electrons. The normalized spacial score (nSPS) is 11.6. The van der Waals surface area contributed by atoms with Gasteiger partial charge >= 0.3 is 5.97 Å². The minimum Gasteiger partial charge on any atom is -0.461 e. The zero-order chi connectivity index (χ0) is 12.3. The quantitative estimate of drug-likeness (QED) is 0.762. The smallest absolute Gasteiger partial charge is 0.358 e. The number of rotatable bonds is 4. The van der Waals surface area contributed by atoms with Crippen LogP contribution in [0.3, 0.4) is 0 Å². The Labute approximate surface area is 99.6 Å². The maximum Gasteiger partial charge on any atom is 0.358 e. The van der Waals surface area contributed by atoms with Gasteiger partial charge in [0.1, 0.15) is 10.6 Å². The van der Waals surface area contributed by atoms with Crippen LogP contribution in [0.15, 0.2) is 0 Å².